The van der Waals surface area contributed by atoms with Crippen LogP contribution in [0.4, 0.5) is 11.6 Å². The second kappa shape index (κ2) is 8.69. The average Bonchev–Trinajstić information content (AvgIpc) is 3.26. The molecule has 4 aromatic rings. The minimum absolute atomic E-state index is 0.793. The number of anilines is 2. The van der Waals surface area contributed by atoms with E-state index in [1.807, 2.05) is 41.4 Å². The number of hydrogen-bond donors (Lipinski definition) is 1. The minimum Gasteiger partial charge on any atom is -0.370 e. The molecule has 0 unspecified atom stereocenters. The van der Waals surface area contributed by atoms with Gasteiger partial charge in [0, 0.05) is 68.6 Å². The second-order valence-electron chi connectivity index (χ2n) is 7.86. The molecule has 0 saturated carbocycles. The van der Waals surface area contributed by atoms with Crippen molar-refractivity contribution in [3.8, 4) is 11.1 Å². The predicted octanol–water partition coefficient (Wildman–Crippen LogP) is 2.59. The van der Waals surface area contributed by atoms with Crippen LogP contribution in [0.5, 0.6) is 0 Å². The summed E-state index contributed by atoms with van der Waals surface area (Å²) >= 11 is 0. The summed E-state index contributed by atoms with van der Waals surface area (Å²) in [5.41, 5.74) is 4.02. The highest BCUT2D eigenvalue weighted by Crippen LogP contribution is 2.26. The molecule has 0 radical (unpaired) electrons. The summed E-state index contributed by atoms with van der Waals surface area (Å²) in [4.78, 5) is 18.1. The normalized spacial score (nSPS) is 14.8. The molecule has 1 fully saturated rings. The molecule has 0 amide bonds. The van der Waals surface area contributed by atoms with Crippen LogP contribution in [-0.2, 0) is 6.42 Å². The third kappa shape index (κ3) is 4.20. The van der Waals surface area contributed by atoms with E-state index in [2.05, 4.69) is 55.4 Å². The fourth-order valence-corrected chi connectivity index (χ4v) is 3.88. The zero-order valence-electron chi connectivity index (χ0n) is 17.6. The number of pyridine rings is 2. The van der Waals surface area contributed by atoms with E-state index in [9.17, 15) is 0 Å². The highest BCUT2D eigenvalue weighted by molar-refractivity contribution is 5.78. The molecule has 1 N–H and O–H groups in total. The van der Waals surface area contributed by atoms with Gasteiger partial charge in [0.15, 0.2) is 5.65 Å². The molecule has 0 bridgehead atoms. The Hall–Kier alpha value is -3.52. The van der Waals surface area contributed by atoms with Crippen LogP contribution < -0.4 is 10.2 Å². The lowest BCUT2D eigenvalue weighted by Gasteiger charge is -2.33. The summed E-state index contributed by atoms with van der Waals surface area (Å²) < 4.78 is 1.85. The quantitative estimate of drug-likeness (QED) is 0.520. The molecule has 1 saturated heterocycles. The van der Waals surface area contributed by atoms with Crippen molar-refractivity contribution in [2.24, 2.45) is 0 Å². The van der Waals surface area contributed by atoms with E-state index in [4.69, 9.17) is 4.98 Å². The standard InChI is InChI=1S/C23H26N8/c1-29-11-13-30(14-12-29)21-5-4-19(16-27-21)20-17-28-31-22(7-10-26-23(20)31)25-9-6-18-3-2-8-24-15-18/h2-5,7-8,10,15-17,25H,6,9,11-14H2,1H3. The van der Waals surface area contributed by atoms with Crippen molar-refractivity contribution in [1.29, 1.82) is 0 Å². The summed E-state index contributed by atoms with van der Waals surface area (Å²) in [6, 6.07) is 10.2. The van der Waals surface area contributed by atoms with Gasteiger partial charge < -0.3 is 15.1 Å². The lowest BCUT2D eigenvalue weighted by Crippen LogP contribution is -2.44. The van der Waals surface area contributed by atoms with Crippen molar-refractivity contribution in [3.05, 3.63) is 66.9 Å². The summed E-state index contributed by atoms with van der Waals surface area (Å²) in [6.45, 7) is 4.95. The summed E-state index contributed by atoms with van der Waals surface area (Å²) in [7, 11) is 2.16. The molecule has 158 valence electrons. The van der Waals surface area contributed by atoms with Crippen LogP contribution in [0.15, 0.2) is 61.3 Å². The maximum Gasteiger partial charge on any atom is 0.165 e. The van der Waals surface area contributed by atoms with E-state index < -0.39 is 0 Å². The van der Waals surface area contributed by atoms with Crippen LogP contribution in [0.1, 0.15) is 5.56 Å². The van der Waals surface area contributed by atoms with Crippen LogP contribution in [0.3, 0.4) is 0 Å². The van der Waals surface area contributed by atoms with E-state index >= 15 is 0 Å². The molecule has 0 atom stereocenters. The van der Waals surface area contributed by atoms with Crippen molar-refractivity contribution in [2.75, 3.05) is 50.0 Å². The van der Waals surface area contributed by atoms with Gasteiger partial charge >= 0.3 is 0 Å². The second-order valence-corrected chi connectivity index (χ2v) is 7.86. The molecule has 5 heterocycles. The molecule has 8 heteroatoms. The first kappa shape index (κ1) is 19.4. The van der Waals surface area contributed by atoms with Crippen molar-refractivity contribution in [3.63, 3.8) is 0 Å². The zero-order valence-corrected chi connectivity index (χ0v) is 17.6. The Morgan fingerprint density at radius 1 is 0.935 bits per heavy atom. The lowest BCUT2D eigenvalue weighted by molar-refractivity contribution is 0.312. The fourth-order valence-electron chi connectivity index (χ4n) is 3.88. The van der Waals surface area contributed by atoms with E-state index in [1.165, 1.54) is 5.56 Å². The molecule has 0 aliphatic carbocycles. The Balaban J connectivity index is 1.32. The summed E-state index contributed by atoms with van der Waals surface area (Å²) in [6.07, 6.45) is 10.2. The number of nitrogens with zero attached hydrogens (tertiary/aromatic N) is 7. The Bertz CT molecular complexity index is 1130. The van der Waals surface area contributed by atoms with E-state index in [-0.39, 0.29) is 0 Å². The Kier molecular flexibility index (Phi) is 5.45. The number of aromatic nitrogens is 5. The highest BCUT2D eigenvalue weighted by Gasteiger charge is 2.16. The van der Waals surface area contributed by atoms with Gasteiger partial charge in [0.05, 0.1) is 6.20 Å². The van der Waals surface area contributed by atoms with Crippen LogP contribution in [-0.4, -0.2) is 69.2 Å². The molecule has 4 aromatic heterocycles. The van der Waals surface area contributed by atoms with Gasteiger partial charge in [0.25, 0.3) is 0 Å². The summed E-state index contributed by atoms with van der Waals surface area (Å²) in [5, 5.41) is 8.04. The van der Waals surface area contributed by atoms with Gasteiger partial charge in [-0.05, 0) is 43.3 Å². The van der Waals surface area contributed by atoms with Gasteiger partial charge in [-0.2, -0.15) is 9.61 Å². The molecule has 0 spiro atoms. The van der Waals surface area contributed by atoms with Crippen molar-refractivity contribution >= 4 is 17.3 Å². The third-order valence-corrected chi connectivity index (χ3v) is 5.73. The van der Waals surface area contributed by atoms with E-state index in [0.29, 0.717) is 0 Å². The largest absolute Gasteiger partial charge is 0.370 e. The monoisotopic (exact) mass is 414 g/mol. The highest BCUT2D eigenvalue weighted by atomic mass is 15.3. The Morgan fingerprint density at radius 2 is 1.84 bits per heavy atom. The van der Waals surface area contributed by atoms with Gasteiger partial charge in [-0.1, -0.05) is 6.07 Å². The van der Waals surface area contributed by atoms with Crippen LogP contribution in [0.25, 0.3) is 16.8 Å². The molecule has 8 nitrogen and oxygen atoms in total. The van der Waals surface area contributed by atoms with Crippen LogP contribution in [0, 0.1) is 0 Å². The number of rotatable bonds is 6. The zero-order chi connectivity index (χ0) is 21.0. The van der Waals surface area contributed by atoms with Gasteiger partial charge in [0.2, 0.25) is 0 Å². The number of nitrogens with one attached hydrogen (secondary N) is 1. The van der Waals surface area contributed by atoms with Gasteiger partial charge in [-0.15, -0.1) is 0 Å². The Labute approximate surface area is 181 Å². The van der Waals surface area contributed by atoms with E-state index in [0.717, 1.165) is 67.6 Å². The fraction of sp³-hybridized carbons (Fsp3) is 0.304. The van der Waals surface area contributed by atoms with Crippen molar-refractivity contribution in [1.82, 2.24) is 29.5 Å². The first-order valence-electron chi connectivity index (χ1n) is 10.6. The van der Waals surface area contributed by atoms with Crippen molar-refractivity contribution < 1.29 is 0 Å². The average molecular weight is 415 g/mol. The number of fused-ring (bicyclic) bond motifs is 1. The molecular formula is C23H26N8. The van der Waals surface area contributed by atoms with Crippen LogP contribution >= 0.6 is 0 Å². The number of piperazine rings is 1. The molecule has 5 rings (SSSR count). The van der Waals surface area contributed by atoms with Gasteiger partial charge in [0.1, 0.15) is 11.6 Å². The number of hydrogen-bond acceptors (Lipinski definition) is 7. The SMILES string of the molecule is CN1CCN(c2ccc(-c3cnn4c(NCCc5cccnc5)ccnc34)cn2)CC1. The molecule has 1 aliphatic rings. The first-order valence-corrected chi connectivity index (χ1v) is 10.6. The lowest BCUT2D eigenvalue weighted by atomic mass is 10.1. The minimum atomic E-state index is 0.793. The number of likely N-dealkylation sites (N-methyl/N-ethyl adjacent to an activating group) is 1. The van der Waals surface area contributed by atoms with Crippen molar-refractivity contribution in [2.45, 2.75) is 6.42 Å². The molecule has 31 heavy (non-hydrogen) atoms. The smallest absolute Gasteiger partial charge is 0.165 e. The molecular weight excluding hydrogens is 388 g/mol. The molecule has 1 aliphatic heterocycles. The summed E-state index contributed by atoms with van der Waals surface area (Å²) in [5.74, 6) is 1.95. The Morgan fingerprint density at radius 3 is 2.61 bits per heavy atom. The topological polar surface area (TPSA) is 74.5 Å². The van der Waals surface area contributed by atoms with E-state index in [1.54, 1.807) is 6.20 Å². The van der Waals surface area contributed by atoms with Gasteiger partial charge in [-0.3, -0.25) is 4.98 Å². The van der Waals surface area contributed by atoms with Crippen LogP contribution in [0.2, 0.25) is 0 Å². The predicted molar refractivity (Wildman–Crippen MR) is 122 cm³/mol. The first-order chi connectivity index (χ1) is 15.3. The molecule has 0 aromatic carbocycles. The maximum atomic E-state index is 4.72. The third-order valence-electron chi connectivity index (χ3n) is 5.73. The van der Waals surface area contributed by atoms with Gasteiger partial charge in [-0.25, -0.2) is 9.97 Å². The maximum absolute atomic E-state index is 4.72.